The van der Waals surface area contributed by atoms with E-state index >= 15 is 0 Å². The molecule has 33 heavy (non-hydrogen) atoms. The third kappa shape index (κ3) is 7.45. The maximum Gasteiger partial charge on any atom is 0.331 e. The second-order valence-corrected chi connectivity index (χ2v) is 8.62. The van der Waals surface area contributed by atoms with Gasteiger partial charge in [0.15, 0.2) is 6.04 Å². The number of benzene rings is 1. The Labute approximate surface area is 197 Å². The maximum absolute atomic E-state index is 12.3. The van der Waals surface area contributed by atoms with Gasteiger partial charge in [0.1, 0.15) is 0 Å². The molecule has 0 unspecified atom stereocenters. The van der Waals surface area contributed by atoms with Gasteiger partial charge < -0.3 is 19.9 Å². The second kappa shape index (κ2) is 12.2. The van der Waals surface area contributed by atoms with Crippen LogP contribution in [-0.2, 0) is 20.8 Å². The average Bonchev–Trinajstić information content (AvgIpc) is 3.27. The average molecular weight is 467 g/mol. The van der Waals surface area contributed by atoms with Gasteiger partial charge in [0.25, 0.3) is 5.91 Å². The van der Waals surface area contributed by atoms with Crippen LogP contribution < -0.4 is 5.32 Å². The summed E-state index contributed by atoms with van der Waals surface area (Å²) in [7, 11) is 1.20. The lowest BCUT2D eigenvalue weighted by molar-refractivity contribution is -0.145. The lowest BCUT2D eigenvalue weighted by Crippen LogP contribution is -2.48. The third-order valence-electron chi connectivity index (χ3n) is 4.97. The molecule has 0 aliphatic carbocycles. The first-order chi connectivity index (χ1) is 16.0. The standard InChI is InChI=1S/C25H26N2O5S/c1-18(28)23(25(30)31-2)26-24(29)20-9-7-19(8-10-20)5-3-4-6-21-11-12-22(33-21)17-27-13-15-32-16-14-27/h7-12,18,23,28H,13-17H2,1-2H3,(H,26,29)/t18-,23+/m1/s1. The summed E-state index contributed by atoms with van der Waals surface area (Å²) in [6, 6.07) is 9.57. The first kappa shape index (κ1) is 24.5. The molecule has 2 atom stereocenters. The number of carbonyl (C=O) groups excluding carboxylic acids is 2. The number of carbonyl (C=O) groups is 2. The number of esters is 1. The highest BCUT2D eigenvalue weighted by molar-refractivity contribution is 7.12. The van der Waals surface area contributed by atoms with Gasteiger partial charge >= 0.3 is 5.97 Å². The van der Waals surface area contributed by atoms with Gasteiger partial charge in [-0.2, -0.15) is 0 Å². The van der Waals surface area contributed by atoms with Gasteiger partial charge in [0, 0.05) is 35.6 Å². The van der Waals surface area contributed by atoms with E-state index in [9.17, 15) is 14.7 Å². The van der Waals surface area contributed by atoms with Crippen LogP contribution in [0.15, 0.2) is 36.4 Å². The van der Waals surface area contributed by atoms with Crippen molar-refractivity contribution in [1.82, 2.24) is 10.2 Å². The van der Waals surface area contributed by atoms with E-state index in [0.29, 0.717) is 11.1 Å². The number of aliphatic hydroxyl groups excluding tert-OH is 1. The Morgan fingerprint density at radius 2 is 1.85 bits per heavy atom. The highest BCUT2D eigenvalue weighted by atomic mass is 32.1. The molecular weight excluding hydrogens is 440 g/mol. The minimum Gasteiger partial charge on any atom is -0.467 e. The van der Waals surface area contributed by atoms with Gasteiger partial charge in [-0.3, -0.25) is 9.69 Å². The van der Waals surface area contributed by atoms with Crippen molar-refractivity contribution in [2.75, 3.05) is 33.4 Å². The largest absolute Gasteiger partial charge is 0.467 e. The van der Waals surface area contributed by atoms with Gasteiger partial charge in [0.05, 0.1) is 31.3 Å². The highest BCUT2D eigenvalue weighted by Crippen LogP contribution is 2.18. The van der Waals surface area contributed by atoms with Crippen molar-refractivity contribution in [3.8, 4) is 23.7 Å². The minimum atomic E-state index is -1.14. The number of morpholine rings is 1. The van der Waals surface area contributed by atoms with Crippen molar-refractivity contribution in [3.05, 3.63) is 57.3 Å². The van der Waals surface area contributed by atoms with Gasteiger partial charge in [-0.15, -0.1) is 11.3 Å². The maximum atomic E-state index is 12.3. The van der Waals surface area contributed by atoms with E-state index in [1.54, 1.807) is 35.6 Å². The van der Waals surface area contributed by atoms with Crippen LogP contribution in [0.1, 0.15) is 32.6 Å². The molecule has 7 nitrogen and oxygen atoms in total. The zero-order valence-corrected chi connectivity index (χ0v) is 19.4. The van der Waals surface area contributed by atoms with Crippen LogP contribution in [-0.4, -0.2) is 67.4 Å². The van der Waals surface area contributed by atoms with E-state index in [2.05, 4.69) is 44.7 Å². The molecule has 1 aromatic carbocycles. The molecule has 0 spiro atoms. The summed E-state index contributed by atoms with van der Waals surface area (Å²) in [6.45, 7) is 5.81. The number of methoxy groups -OCH3 is 1. The Kier molecular flexibility index (Phi) is 9.05. The SMILES string of the molecule is COC(=O)[C@@H](NC(=O)c1ccc(C#CC#Cc2ccc(CN3CCOCC3)s2)cc1)[C@@H](C)O. The molecule has 2 N–H and O–H groups in total. The fourth-order valence-corrected chi connectivity index (χ4v) is 4.04. The predicted molar refractivity (Wildman–Crippen MR) is 126 cm³/mol. The van der Waals surface area contributed by atoms with E-state index in [0.717, 1.165) is 37.7 Å². The Morgan fingerprint density at radius 1 is 1.15 bits per heavy atom. The summed E-state index contributed by atoms with van der Waals surface area (Å²) in [5, 5.41) is 12.1. The van der Waals surface area contributed by atoms with E-state index in [-0.39, 0.29) is 0 Å². The van der Waals surface area contributed by atoms with Crippen molar-refractivity contribution < 1.29 is 24.2 Å². The summed E-state index contributed by atoms with van der Waals surface area (Å²) < 4.78 is 9.98. The Balaban J connectivity index is 1.55. The van der Waals surface area contributed by atoms with Crippen molar-refractivity contribution in [1.29, 1.82) is 0 Å². The molecule has 172 valence electrons. The Hall–Kier alpha value is -3.14. The highest BCUT2D eigenvalue weighted by Gasteiger charge is 2.26. The second-order valence-electron chi connectivity index (χ2n) is 7.45. The molecule has 0 saturated carbocycles. The quantitative estimate of drug-likeness (QED) is 0.497. The fourth-order valence-electron chi connectivity index (χ4n) is 3.14. The number of hydrogen-bond acceptors (Lipinski definition) is 7. The summed E-state index contributed by atoms with van der Waals surface area (Å²) >= 11 is 1.67. The van der Waals surface area contributed by atoms with Gasteiger partial charge in [-0.25, -0.2) is 4.79 Å². The summed E-state index contributed by atoms with van der Waals surface area (Å²) in [6.07, 6.45) is -1.08. The van der Waals surface area contributed by atoms with E-state index in [1.165, 1.54) is 18.9 Å². The van der Waals surface area contributed by atoms with Crippen LogP contribution in [0.25, 0.3) is 0 Å². The van der Waals surface area contributed by atoms with Crippen LogP contribution >= 0.6 is 11.3 Å². The van der Waals surface area contributed by atoms with Crippen LogP contribution in [0.2, 0.25) is 0 Å². The molecule has 1 saturated heterocycles. The van der Waals surface area contributed by atoms with Crippen LogP contribution in [0, 0.1) is 23.7 Å². The molecule has 1 fully saturated rings. The molecule has 8 heteroatoms. The number of thiophene rings is 1. The molecule has 1 aliphatic heterocycles. The lowest BCUT2D eigenvalue weighted by Gasteiger charge is -2.25. The molecule has 2 heterocycles. The van der Waals surface area contributed by atoms with Crippen LogP contribution in [0.5, 0.6) is 0 Å². The van der Waals surface area contributed by atoms with Gasteiger partial charge in [-0.1, -0.05) is 5.92 Å². The van der Waals surface area contributed by atoms with Crippen molar-refractivity contribution in [2.45, 2.75) is 25.6 Å². The first-order valence-corrected chi connectivity index (χ1v) is 11.4. The van der Waals surface area contributed by atoms with Crippen LogP contribution in [0.4, 0.5) is 0 Å². The van der Waals surface area contributed by atoms with Gasteiger partial charge in [0.2, 0.25) is 0 Å². The summed E-state index contributed by atoms with van der Waals surface area (Å²) in [4.78, 5) is 28.6. The molecular formula is C25H26N2O5S. The Bertz CT molecular complexity index is 1080. The zero-order valence-electron chi connectivity index (χ0n) is 18.6. The first-order valence-electron chi connectivity index (χ1n) is 10.5. The number of nitrogens with one attached hydrogen (secondary N) is 1. The monoisotopic (exact) mass is 466 g/mol. The molecule has 1 aliphatic rings. The number of aliphatic hydroxyl groups is 1. The fraction of sp³-hybridized carbons (Fsp3) is 0.360. The molecule has 1 aromatic heterocycles. The molecule has 2 aromatic rings. The third-order valence-corrected chi connectivity index (χ3v) is 5.96. The normalized spacial score (nSPS) is 15.2. The van der Waals surface area contributed by atoms with E-state index in [1.807, 2.05) is 6.07 Å². The Morgan fingerprint density at radius 3 is 2.52 bits per heavy atom. The summed E-state index contributed by atoms with van der Waals surface area (Å²) in [5.41, 5.74) is 1.05. The van der Waals surface area contributed by atoms with E-state index in [4.69, 9.17) is 4.74 Å². The molecule has 0 bridgehead atoms. The topological polar surface area (TPSA) is 88.1 Å². The zero-order chi connectivity index (χ0) is 23.6. The van der Waals surface area contributed by atoms with Crippen molar-refractivity contribution in [3.63, 3.8) is 0 Å². The molecule has 0 radical (unpaired) electrons. The van der Waals surface area contributed by atoms with Crippen molar-refractivity contribution >= 4 is 23.2 Å². The molecule has 3 rings (SSSR count). The van der Waals surface area contributed by atoms with Gasteiger partial charge in [-0.05, 0) is 61.1 Å². The van der Waals surface area contributed by atoms with Crippen molar-refractivity contribution in [2.24, 2.45) is 0 Å². The number of nitrogens with zero attached hydrogens (tertiary/aromatic N) is 1. The number of hydrogen-bond donors (Lipinski definition) is 2. The van der Waals surface area contributed by atoms with E-state index < -0.39 is 24.0 Å². The smallest absolute Gasteiger partial charge is 0.331 e. The number of amides is 1. The molecule has 1 amide bonds. The number of rotatable bonds is 6. The number of ether oxygens (including phenoxy) is 2. The lowest BCUT2D eigenvalue weighted by atomic mass is 10.1. The summed E-state index contributed by atoms with van der Waals surface area (Å²) in [5.74, 6) is 10.5. The van der Waals surface area contributed by atoms with Crippen LogP contribution in [0.3, 0.4) is 0 Å². The predicted octanol–water partition coefficient (Wildman–Crippen LogP) is 1.64. The minimum absolute atomic E-state index is 0.340.